The Morgan fingerprint density at radius 1 is 1.08 bits per heavy atom. The molecule has 24 heavy (non-hydrogen) atoms. The van der Waals surface area contributed by atoms with Gasteiger partial charge in [-0.2, -0.15) is 0 Å². The normalized spacial score (nSPS) is 14.9. The fourth-order valence-corrected chi connectivity index (χ4v) is 2.88. The SMILES string of the molecule is NCC(NC(=O)c1ccccc1C(=O)c1ccc(Cl)cc1)C1CC1. The Bertz CT molecular complexity index is 754. The van der Waals surface area contributed by atoms with Crippen molar-refractivity contribution >= 4 is 23.3 Å². The van der Waals surface area contributed by atoms with Gasteiger partial charge < -0.3 is 11.1 Å². The smallest absolute Gasteiger partial charge is 0.252 e. The van der Waals surface area contributed by atoms with Crippen molar-refractivity contribution in [1.82, 2.24) is 5.32 Å². The molecule has 5 heteroatoms. The van der Waals surface area contributed by atoms with Crippen LogP contribution in [0.4, 0.5) is 0 Å². The lowest BCUT2D eigenvalue weighted by atomic mass is 9.97. The molecule has 0 aliphatic heterocycles. The van der Waals surface area contributed by atoms with Gasteiger partial charge in [0.1, 0.15) is 0 Å². The van der Waals surface area contributed by atoms with Crippen LogP contribution in [0, 0.1) is 5.92 Å². The summed E-state index contributed by atoms with van der Waals surface area (Å²) in [6.45, 7) is 0.406. The molecule has 0 aromatic heterocycles. The van der Waals surface area contributed by atoms with Crippen molar-refractivity contribution in [3.8, 4) is 0 Å². The number of hydrogen-bond donors (Lipinski definition) is 2. The van der Waals surface area contributed by atoms with E-state index in [0.29, 0.717) is 34.2 Å². The molecule has 1 atom stereocenters. The van der Waals surface area contributed by atoms with Gasteiger partial charge in [-0.3, -0.25) is 9.59 Å². The third-order valence-electron chi connectivity index (χ3n) is 4.28. The molecule has 1 saturated carbocycles. The average Bonchev–Trinajstić information content (AvgIpc) is 3.44. The first kappa shape index (κ1) is 16.7. The maximum Gasteiger partial charge on any atom is 0.252 e. The Morgan fingerprint density at radius 2 is 1.71 bits per heavy atom. The highest BCUT2D eigenvalue weighted by Crippen LogP contribution is 2.32. The van der Waals surface area contributed by atoms with Crippen molar-refractivity contribution in [2.45, 2.75) is 18.9 Å². The van der Waals surface area contributed by atoms with Crippen molar-refractivity contribution in [3.05, 3.63) is 70.2 Å². The molecule has 0 saturated heterocycles. The standard InChI is InChI=1S/C19H19ClN2O2/c20-14-9-7-13(8-10-14)18(23)15-3-1-2-4-16(15)19(24)22-17(11-21)12-5-6-12/h1-4,7-10,12,17H,5-6,11,21H2,(H,22,24). The summed E-state index contributed by atoms with van der Waals surface area (Å²) < 4.78 is 0. The van der Waals surface area contributed by atoms with Crippen molar-refractivity contribution in [1.29, 1.82) is 0 Å². The topological polar surface area (TPSA) is 72.2 Å². The van der Waals surface area contributed by atoms with Gasteiger partial charge in [0.2, 0.25) is 0 Å². The second kappa shape index (κ2) is 7.16. The third kappa shape index (κ3) is 3.66. The molecule has 0 spiro atoms. The number of nitrogens with one attached hydrogen (secondary N) is 1. The van der Waals surface area contributed by atoms with Crippen LogP contribution in [0.15, 0.2) is 48.5 Å². The quantitative estimate of drug-likeness (QED) is 0.792. The summed E-state index contributed by atoms with van der Waals surface area (Å²) in [6.07, 6.45) is 2.18. The first-order chi connectivity index (χ1) is 11.6. The van der Waals surface area contributed by atoms with Crippen molar-refractivity contribution in [2.24, 2.45) is 11.7 Å². The molecule has 3 rings (SSSR count). The second-order valence-corrected chi connectivity index (χ2v) is 6.47. The lowest BCUT2D eigenvalue weighted by molar-refractivity contribution is 0.0923. The molecule has 2 aromatic rings. The van der Waals surface area contributed by atoms with Crippen LogP contribution in [0.3, 0.4) is 0 Å². The zero-order valence-electron chi connectivity index (χ0n) is 13.2. The van der Waals surface area contributed by atoms with E-state index in [0.717, 1.165) is 12.8 Å². The monoisotopic (exact) mass is 342 g/mol. The van der Waals surface area contributed by atoms with Gasteiger partial charge in [0.15, 0.2) is 5.78 Å². The number of benzene rings is 2. The fourth-order valence-electron chi connectivity index (χ4n) is 2.75. The van der Waals surface area contributed by atoms with Crippen molar-refractivity contribution in [3.63, 3.8) is 0 Å². The molecule has 0 radical (unpaired) electrons. The summed E-state index contributed by atoms with van der Waals surface area (Å²) in [6, 6.07) is 13.4. The highest BCUT2D eigenvalue weighted by molar-refractivity contribution is 6.30. The Labute approximate surface area is 146 Å². The summed E-state index contributed by atoms with van der Waals surface area (Å²) in [5.74, 6) is 0.00137. The van der Waals surface area contributed by atoms with Crippen LogP contribution in [0.1, 0.15) is 39.1 Å². The van der Waals surface area contributed by atoms with Gasteiger partial charge in [0.05, 0.1) is 5.56 Å². The van der Waals surface area contributed by atoms with Gasteiger partial charge in [0, 0.05) is 28.7 Å². The van der Waals surface area contributed by atoms with E-state index in [-0.39, 0.29) is 17.7 Å². The van der Waals surface area contributed by atoms with E-state index in [2.05, 4.69) is 5.32 Å². The summed E-state index contributed by atoms with van der Waals surface area (Å²) in [4.78, 5) is 25.4. The molecule has 1 fully saturated rings. The predicted molar refractivity (Wildman–Crippen MR) is 94.4 cm³/mol. The van der Waals surface area contributed by atoms with E-state index >= 15 is 0 Å². The Hall–Kier alpha value is -2.17. The first-order valence-electron chi connectivity index (χ1n) is 8.00. The van der Waals surface area contributed by atoms with Crippen molar-refractivity contribution < 1.29 is 9.59 Å². The van der Waals surface area contributed by atoms with Crippen LogP contribution < -0.4 is 11.1 Å². The molecule has 124 valence electrons. The zero-order chi connectivity index (χ0) is 17.1. The molecule has 1 aliphatic rings. The van der Waals surface area contributed by atoms with Crippen LogP contribution in [-0.2, 0) is 0 Å². The fraction of sp³-hybridized carbons (Fsp3) is 0.263. The minimum atomic E-state index is -0.254. The summed E-state index contributed by atoms with van der Waals surface area (Å²) >= 11 is 5.87. The number of amides is 1. The van der Waals surface area contributed by atoms with Crippen LogP contribution >= 0.6 is 11.6 Å². The van der Waals surface area contributed by atoms with E-state index in [1.807, 2.05) is 0 Å². The third-order valence-corrected chi connectivity index (χ3v) is 4.54. The van der Waals surface area contributed by atoms with Crippen LogP contribution in [-0.4, -0.2) is 24.3 Å². The number of hydrogen-bond acceptors (Lipinski definition) is 3. The Balaban J connectivity index is 1.85. The molecule has 2 aromatic carbocycles. The van der Waals surface area contributed by atoms with E-state index in [1.54, 1.807) is 48.5 Å². The average molecular weight is 343 g/mol. The lowest BCUT2D eigenvalue weighted by Gasteiger charge is -2.17. The van der Waals surface area contributed by atoms with E-state index in [4.69, 9.17) is 17.3 Å². The number of ketones is 1. The highest BCUT2D eigenvalue weighted by atomic mass is 35.5. The first-order valence-corrected chi connectivity index (χ1v) is 8.38. The van der Waals surface area contributed by atoms with Crippen LogP contribution in [0.5, 0.6) is 0 Å². The number of halogens is 1. The van der Waals surface area contributed by atoms with Crippen molar-refractivity contribution in [2.75, 3.05) is 6.54 Å². The molecule has 0 heterocycles. The van der Waals surface area contributed by atoms with Gasteiger partial charge in [0.25, 0.3) is 5.91 Å². The maximum absolute atomic E-state index is 12.7. The highest BCUT2D eigenvalue weighted by Gasteiger charge is 2.32. The molecular weight excluding hydrogens is 324 g/mol. The van der Waals surface area contributed by atoms with Gasteiger partial charge in [-0.05, 0) is 49.1 Å². The maximum atomic E-state index is 12.7. The van der Waals surface area contributed by atoms with Crippen LogP contribution in [0.25, 0.3) is 0 Å². The Morgan fingerprint density at radius 3 is 2.29 bits per heavy atom. The predicted octanol–water partition coefficient (Wildman–Crippen LogP) is 3.04. The summed E-state index contributed by atoms with van der Waals surface area (Å²) in [7, 11) is 0. The lowest BCUT2D eigenvalue weighted by Crippen LogP contribution is -2.42. The van der Waals surface area contributed by atoms with E-state index in [1.165, 1.54) is 0 Å². The molecule has 4 nitrogen and oxygen atoms in total. The second-order valence-electron chi connectivity index (χ2n) is 6.03. The number of carbonyl (C=O) groups is 2. The zero-order valence-corrected chi connectivity index (χ0v) is 13.9. The molecule has 1 amide bonds. The van der Waals surface area contributed by atoms with Crippen LogP contribution in [0.2, 0.25) is 5.02 Å². The van der Waals surface area contributed by atoms with Gasteiger partial charge in [-0.15, -0.1) is 0 Å². The van der Waals surface area contributed by atoms with E-state index in [9.17, 15) is 9.59 Å². The number of nitrogens with two attached hydrogens (primary N) is 1. The summed E-state index contributed by atoms with van der Waals surface area (Å²) in [5, 5.41) is 3.53. The minimum Gasteiger partial charge on any atom is -0.348 e. The van der Waals surface area contributed by atoms with Gasteiger partial charge >= 0.3 is 0 Å². The summed E-state index contributed by atoms with van der Waals surface area (Å²) in [5.41, 5.74) is 7.00. The molecule has 0 bridgehead atoms. The Kier molecular flexibility index (Phi) is 4.97. The molecule has 3 N–H and O–H groups in total. The number of rotatable bonds is 6. The molecule has 1 unspecified atom stereocenters. The van der Waals surface area contributed by atoms with Gasteiger partial charge in [-0.1, -0.05) is 29.8 Å². The van der Waals surface area contributed by atoms with Gasteiger partial charge in [-0.25, -0.2) is 0 Å². The number of carbonyl (C=O) groups excluding carboxylic acids is 2. The minimum absolute atomic E-state index is 0.0313. The largest absolute Gasteiger partial charge is 0.348 e. The molecule has 1 aliphatic carbocycles. The van der Waals surface area contributed by atoms with E-state index < -0.39 is 0 Å². The molecular formula is C19H19ClN2O2.